The third kappa shape index (κ3) is 4.03. The Morgan fingerprint density at radius 1 is 1.25 bits per heavy atom. The Balaban J connectivity index is 1.60. The fraction of sp³-hybridized carbons (Fsp3) is 0.263. The van der Waals surface area contributed by atoms with Crippen molar-refractivity contribution in [3.05, 3.63) is 63.6 Å². The number of fused-ring (bicyclic) bond motifs is 1. The van der Waals surface area contributed by atoms with E-state index in [0.717, 1.165) is 40.6 Å². The first-order valence-electron chi connectivity index (χ1n) is 7.96. The zero-order chi connectivity index (χ0) is 16.9. The Bertz CT molecular complexity index is 787. The molecule has 1 amide bonds. The molecule has 124 valence electrons. The van der Waals surface area contributed by atoms with Crippen molar-refractivity contribution in [1.82, 2.24) is 5.43 Å². The molecule has 0 saturated heterocycles. The van der Waals surface area contributed by atoms with E-state index in [1.54, 1.807) is 0 Å². The first-order chi connectivity index (χ1) is 11.6. The molecule has 0 saturated carbocycles. The van der Waals surface area contributed by atoms with Gasteiger partial charge >= 0.3 is 0 Å². The van der Waals surface area contributed by atoms with E-state index in [9.17, 15) is 4.79 Å². The highest BCUT2D eigenvalue weighted by Gasteiger charge is 2.15. The van der Waals surface area contributed by atoms with Crippen molar-refractivity contribution in [1.29, 1.82) is 0 Å². The number of halogens is 1. The minimum Gasteiger partial charge on any atom is -0.483 e. The van der Waals surface area contributed by atoms with Gasteiger partial charge in [-0.15, -0.1) is 0 Å². The number of amides is 1. The maximum atomic E-state index is 12.0. The molecule has 1 aliphatic carbocycles. The van der Waals surface area contributed by atoms with Crippen LogP contribution in [0.3, 0.4) is 0 Å². The summed E-state index contributed by atoms with van der Waals surface area (Å²) in [7, 11) is 0. The SMILES string of the molecule is Cc1cc(Br)ccc1OCC(=O)NN=C1CCCc2ccccc21. The minimum absolute atomic E-state index is 0.0547. The molecule has 1 N–H and O–H groups in total. The summed E-state index contributed by atoms with van der Waals surface area (Å²) in [6.07, 6.45) is 3.00. The molecule has 0 spiro atoms. The van der Waals surface area contributed by atoms with E-state index in [2.05, 4.69) is 38.6 Å². The van der Waals surface area contributed by atoms with Gasteiger partial charge in [-0.25, -0.2) is 5.43 Å². The molecule has 0 atom stereocenters. The summed E-state index contributed by atoms with van der Waals surface area (Å²) in [5.41, 5.74) is 6.94. The summed E-state index contributed by atoms with van der Waals surface area (Å²) < 4.78 is 6.55. The fourth-order valence-electron chi connectivity index (χ4n) is 2.80. The highest BCUT2D eigenvalue weighted by atomic mass is 79.9. The predicted octanol–water partition coefficient (Wildman–Crippen LogP) is 3.99. The zero-order valence-electron chi connectivity index (χ0n) is 13.5. The van der Waals surface area contributed by atoms with Crippen LogP contribution in [0.2, 0.25) is 0 Å². The van der Waals surface area contributed by atoms with Crippen LogP contribution in [0.15, 0.2) is 52.0 Å². The van der Waals surface area contributed by atoms with Crippen molar-refractivity contribution < 1.29 is 9.53 Å². The Morgan fingerprint density at radius 2 is 2.08 bits per heavy atom. The summed E-state index contributed by atoms with van der Waals surface area (Å²) in [5, 5.41) is 4.30. The molecule has 1 aliphatic rings. The average Bonchev–Trinajstić information content (AvgIpc) is 2.59. The molecule has 0 aliphatic heterocycles. The number of benzene rings is 2. The summed E-state index contributed by atoms with van der Waals surface area (Å²) in [6, 6.07) is 13.9. The summed E-state index contributed by atoms with van der Waals surface area (Å²) >= 11 is 3.41. The number of nitrogens with zero attached hydrogens (tertiary/aromatic N) is 1. The molecule has 4 nitrogen and oxygen atoms in total. The molecule has 0 bridgehead atoms. The Morgan fingerprint density at radius 3 is 2.92 bits per heavy atom. The van der Waals surface area contributed by atoms with E-state index in [1.165, 1.54) is 5.56 Å². The van der Waals surface area contributed by atoms with Gasteiger partial charge in [-0.2, -0.15) is 5.10 Å². The highest BCUT2D eigenvalue weighted by Crippen LogP contribution is 2.22. The third-order valence-electron chi connectivity index (χ3n) is 4.00. The van der Waals surface area contributed by atoms with Crippen LogP contribution in [0.4, 0.5) is 0 Å². The van der Waals surface area contributed by atoms with Gasteiger partial charge in [0.05, 0.1) is 5.71 Å². The molecule has 0 fully saturated rings. The predicted molar refractivity (Wildman–Crippen MR) is 98.4 cm³/mol. The van der Waals surface area contributed by atoms with Crippen LogP contribution < -0.4 is 10.2 Å². The van der Waals surface area contributed by atoms with Crippen LogP contribution in [-0.4, -0.2) is 18.2 Å². The smallest absolute Gasteiger partial charge is 0.277 e. The van der Waals surface area contributed by atoms with E-state index in [0.29, 0.717) is 5.75 Å². The molecule has 0 heterocycles. The molecule has 0 unspecified atom stereocenters. The largest absolute Gasteiger partial charge is 0.483 e. The molecule has 0 aromatic heterocycles. The van der Waals surface area contributed by atoms with Crippen molar-refractivity contribution in [2.24, 2.45) is 5.10 Å². The lowest BCUT2D eigenvalue weighted by Gasteiger charge is -2.17. The molecule has 2 aromatic carbocycles. The van der Waals surface area contributed by atoms with Crippen LogP contribution >= 0.6 is 15.9 Å². The molecular formula is C19H19BrN2O2. The summed E-state index contributed by atoms with van der Waals surface area (Å²) in [5.74, 6) is 0.442. The number of carbonyl (C=O) groups is 1. The molecule has 2 aromatic rings. The third-order valence-corrected chi connectivity index (χ3v) is 4.49. The Hall–Kier alpha value is -2.14. The number of nitrogens with one attached hydrogen (secondary N) is 1. The summed E-state index contributed by atoms with van der Waals surface area (Å²) in [6.45, 7) is 1.89. The van der Waals surface area contributed by atoms with Crippen LogP contribution in [0.25, 0.3) is 0 Å². The van der Waals surface area contributed by atoms with E-state index in [-0.39, 0.29) is 12.5 Å². The molecule has 24 heavy (non-hydrogen) atoms. The molecular weight excluding hydrogens is 368 g/mol. The standard InChI is InChI=1S/C19H19BrN2O2/c1-13-11-15(20)9-10-18(13)24-12-19(23)22-21-17-8-4-6-14-5-2-3-7-16(14)17/h2-3,5,7,9-11H,4,6,8,12H2,1H3,(H,22,23). The van der Waals surface area contributed by atoms with E-state index >= 15 is 0 Å². The van der Waals surface area contributed by atoms with Crippen LogP contribution in [0.1, 0.15) is 29.5 Å². The average molecular weight is 387 g/mol. The van der Waals surface area contributed by atoms with Crippen molar-refractivity contribution in [2.75, 3.05) is 6.61 Å². The number of hydrazone groups is 1. The number of carbonyl (C=O) groups excluding carboxylic acids is 1. The fourth-order valence-corrected chi connectivity index (χ4v) is 3.27. The maximum Gasteiger partial charge on any atom is 0.277 e. The summed E-state index contributed by atoms with van der Waals surface area (Å²) in [4.78, 5) is 12.0. The number of aryl methyl sites for hydroxylation is 2. The zero-order valence-corrected chi connectivity index (χ0v) is 15.1. The van der Waals surface area contributed by atoms with Crippen molar-refractivity contribution in [3.8, 4) is 5.75 Å². The van der Waals surface area contributed by atoms with E-state index < -0.39 is 0 Å². The first kappa shape index (κ1) is 16.7. The van der Waals surface area contributed by atoms with Gasteiger partial charge in [0.2, 0.25) is 0 Å². The monoisotopic (exact) mass is 386 g/mol. The lowest BCUT2D eigenvalue weighted by molar-refractivity contribution is -0.123. The van der Waals surface area contributed by atoms with Crippen LogP contribution in [0.5, 0.6) is 5.75 Å². The second kappa shape index (κ2) is 7.62. The van der Waals surface area contributed by atoms with Crippen molar-refractivity contribution in [3.63, 3.8) is 0 Å². The Labute approximate surface area is 150 Å². The first-order valence-corrected chi connectivity index (χ1v) is 8.75. The molecule has 5 heteroatoms. The van der Waals surface area contributed by atoms with Gasteiger partial charge in [-0.1, -0.05) is 40.2 Å². The second-order valence-electron chi connectivity index (χ2n) is 5.80. The lowest BCUT2D eigenvalue weighted by Crippen LogP contribution is -2.27. The molecule has 3 rings (SSSR count). The van der Waals surface area contributed by atoms with E-state index in [4.69, 9.17) is 4.74 Å². The van der Waals surface area contributed by atoms with Crippen LogP contribution in [0, 0.1) is 6.92 Å². The van der Waals surface area contributed by atoms with Gasteiger partial charge in [-0.05, 0) is 55.5 Å². The minimum atomic E-state index is -0.257. The quantitative estimate of drug-likeness (QED) is 0.807. The number of hydrogen-bond donors (Lipinski definition) is 1. The van der Waals surface area contributed by atoms with Gasteiger partial charge in [0.1, 0.15) is 5.75 Å². The normalized spacial score (nSPS) is 15.0. The van der Waals surface area contributed by atoms with Crippen molar-refractivity contribution in [2.45, 2.75) is 26.2 Å². The van der Waals surface area contributed by atoms with Crippen molar-refractivity contribution >= 4 is 27.5 Å². The number of hydrogen-bond acceptors (Lipinski definition) is 3. The van der Waals surface area contributed by atoms with E-state index in [1.807, 2.05) is 37.3 Å². The van der Waals surface area contributed by atoms with Gasteiger partial charge in [-0.3, -0.25) is 4.79 Å². The van der Waals surface area contributed by atoms with Gasteiger partial charge < -0.3 is 4.74 Å². The van der Waals surface area contributed by atoms with Gasteiger partial charge in [0, 0.05) is 10.0 Å². The second-order valence-corrected chi connectivity index (χ2v) is 6.72. The lowest BCUT2D eigenvalue weighted by atomic mass is 9.90. The number of rotatable bonds is 4. The topological polar surface area (TPSA) is 50.7 Å². The van der Waals surface area contributed by atoms with Crippen LogP contribution in [-0.2, 0) is 11.2 Å². The van der Waals surface area contributed by atoms with Gasteiger partial charge in [0.25, 0.3) is 5.91 Å². The maximum absolute atomic E-state index is 12.0. The Kier molecular flexibility index (Phi) is 5.30. The van der Waals surface area contributed by atoms with Gasteiger partial charge in [0.15, 0.2) is 6.61 Å². The number of ether oxygens (including phenoxy) is 1. The molecule has 0 radical (unpaired) electrons. The highest BCUT2D eigenvalue weighted by molar-refractivity contribution is 9.10.